The molecule has 1 aliphatic heterocycles. The maximum Gasteiger partial charge on any atom is 0.0450 e. The first kappa shape index (κ1) is 9.36. The molecular weight excluding hydrogens is 158 g/mol. The molecule has 0 aliphatic carbocycles. The van der Waals surface area contributed by atoms with Gasteiger partial charge < -0.3 is 5.11 Å². The van der Waals surface area contributed by atoms with Crippen molar-refractivity contribution in [1.29, 1.82) is 0 Å². The minimum absolute atomic E-state index is 0.333. The number of thioether (sulfide) groups is 1. The monoisotopic (exact) mass is 175 g/mol. The molecule has 0 bridgehead atoms. The second-order valence-electron chi connectivity index (χ2n) is 2.99. The highest BCUT2D eigenvalue weighted by Gasteiger charge is 2.29. The maximum absolute atomic E-state index is 8.77. The fraction of sp³-hybridized carbons (Fsp3) is 1.00. The molecule has 1 rings (SSSR count). The van der Waals surface area contributed by atoms with Crippen LogP contribution in [0.15, 0.2) is 0 Å². The Bertz CT molecular complexity index is 121. The van der Waals surface area contributed by atoms with Crippen molar-refractivity contribution in [2.24, 2.45) is 0 Å². The molecule has 2 atom stereocenters. The van der Waals surface area contributed by atoms with E-state index in [1.54, 1.807) is 0 Å². The SMILES string of the molecule is CCN1CSC(CCO)C1C. The van der Waals surface area contributed by atoms with Crippen molar-refractivity contribution in [3.8, 4) is 0 Å². The van der Waals surface area contributed by atoms with Gasteiger partial charge in [-0.1, -0.05) is 6.92 Å². The third kappa shape index (κ3) is 2.10. The van der Waals surface area contributed by atoms with Gasteiger partial charge in [0.25, 0.3) is 0 Å². The number of rotatable bonds is 3. The molecule has 2 unspecified atom stereocenters. The Labute approximate surface area is 73.0 Å². The molecule has 1 N–H and O–H groups in total. The lowest BCUT2D eigenvalue weighted by molar-refractivity contribution is 0.239. The van der Waals surface area contributed by atoms with Gasteiger partial charge in [0, 0.05) is 23.8 Å². The highest BCUT2D eigenvalue weighted by atomic mass is 32.2. The molecule has 1 saturated heterocycles. The number of hydrogen-bond acceptors (Lipinski definition) is 3. The van der Waals surface area contributed by atoms with Gasteiger partial charge in [0.05, 0.1) is 0 Å². The number of hydrogen-bond donors (Lipinski definition) is 1. The van der Waals surface area contributed by atoms with Crippen LogP contribution < -0.4 is 0 Å². The van der Waals surface area contributed by atoms with E-state index in [0.717, 1.165) is 18.8 Å². The molecule has 0 saturated carbocycles. The predicted octanol–water partition coefficient (Wildman–Crippen LogP) is 1.15. The van der Waals surface area contributed by atoms with Crippen LogP contribution in [0.1, 0.15) is 20.3 Å². The zero-order valence-corrected chi connectivity index (χ0v) is 8.10. The van der Waals surface area contributed by atoms with E-state index >= 15 is 0 Å². The second-order valence-corrected chi connectivity index (χ2v) is 4.19. The van der Waals surface area contributed by atoms with E-state index in [4.69, 9.17) is 5.11 Å². The summed E-state index contributed by atoms with van der Waals surface area (Å²) in [4.78, 5) is 2.45. The topological polar surface area (TPSA) is 23.5 Å². The van der Waals surface area contributed by atoms with Crippen LogP contribution in [-0.2, 0) is 0 Å². The lowest BCUT2D eigenvalue weighted by atomic mass is 10.1. The fourth-order valence-corrected chi connectivity index (χ4v) is 3.04. The lowest BCUT2D eigenvalue weighted by Crippen LogP contribution is -2.32. The van der Waals surface area contributed by atoms with Crippen LogP contribution in [0, 0.1) is 0 Å². The lowest BCUT2D eigenvalue weighted by Gasteiger charge is -2.20. The van der Waals surface area contributed by atoms with Crippen molar-refractivity contribution in [1.82, 2.24) is 4.90 Å². The van der Waals surface area contributed by atoms with Gasteiger partial charge in [-0.25, -0.2) is 0 Å². The molecule has 1 fully saturated rings. The van der Waals surface area contributed by atoms with Crippen LogP contribution in [0.4, 0.5) is 0 Å². The largest absolute Gasteiger partial charge is 0.396 e. The van der Waals surface area contributed by atoms with Crippen LogP contribution in [0.3, 0.4) is 0 Å². The molecule has 0 aromatic carbocycles. The average molecular weight is 175 g/mol. The van der Waals surface area contributed by atoms with Gasteiger partial charge in [-0.15, -0.1) is 11.8 Å². The zero-order chi connectivity index (χ0) is 8.27. The molecule has 1 heterocycles. The Morgan fingerprint density at radius 2 is 2.36 bits per heavy atom. The first-order chi connectivity index (χ1) is 5.29. The normalized spacial score (nSPS) is 33.0. The predicted molar refractivity (Wildman–Crippen MR) is 49.8 cm³/mol. The van der Waals surface area contributed by atoms with Crippen molar-refractivity contribution >= 4 is 11.8 Å². The minimum Gasteiger partial charge on any atom is -0.396 e. The minimum atomic E-state index is 0.333. The molecule has 0 aromatic rings. The molecule has 1 aliphatic rings. The highest BCUT2D eigenvalue weighted by Crippen LogP contribution is 2.30. The van der Waals surface area contributed by atoms with E-state index in [1.807, 2.05) is 11.8 Å². The van der Waals surface area contributed by atoms with Crippen LogP contribution in [0.25, 0.3) is 0 Å². The van der Waals surface area contributed by atoms with Crippen molar-refractivity contribution < 1.29 is 5.11 Å². The second kappa shape index (κ2) is 4.33. The standard InChI is InChI=1S/C8H17NOS/c1-3-9-6-11-8(4-5-10)7(9)2/h7-8,10H,3-6H2,1-2H3. The van der Waals surface area contributed by atoms with Crippen molar-refractivity contribution in [3.05, 3.63) is 0 Å². The fourth-order valence-electron chi connectivity index (χ4n) is 1.51. The van der Waals surface area contributed by atoms with Gasteiger partial charge in [0.2, 0.25) is 0 Å². The highest BCUT2D eigenvalue weighted by molar-refractivity contribution is 8.00. The zero-order valence-electron chi connectivity index (χ0n) is 7.29. The van der Waals surface area contributed by atoms with Gasteiger partial charge in [0.15, 0.2) is 0 Å². The van der Waals surface area contributed by atoms with E-state index in [2.05, 4.69) is 18.7 Å². The Balaban J connectivity index is 2.35. The van der Waals surface area contributed by atoms with E-state index < -0.39 is 0 Å². The van der Waals surface area contributed by atoms with Crippen LogP contribution in [-0.4, -0.2) is 40.3 Å². The van der Waals surface area contributed by atoms with Crippen LogP contribution >= 0.6 is 11.8 Å². The van der Waals surface area contributed by atoms with E-state index in [9.17, 15) is 0 Å². The third-order valence-corrected chi connectivity index (χ3v) is 3.93. The summed E-state index contributed by atoms with van der Waals surface area (Å²) in [5, 5.41) is 9.42. The van der Waals surface area contributed by atoms with Crippen molar-refractivity contribution in [3.63, 3.8) is 0 Å². The summed E-state index contributed by atoms with van der Waals surface area (Å²) in [5.74, 6) is 1.14. The maximum atomic E-state index is 8.77. The Hall–Kier alpha value is 0.270. The molecule has 2 nitrogen and oxygen atoms in total. The summed E-state index contributed by atoms with van der Waals surface area (Å²) >= 11 is 1.97. The third-order valence-electron chi connectivity index (χ3n) is 2.39. The van der Waals surface area contributed by atoms with Gasteiger partial charge >= 0.3 is 0 Å². The van der Waals surface area contributed by atoms with Crippen LogP contribution in [0.2, 0.25) is 0 Å². The summed E-state index contributed by atoms with van der Waals surface area (Å²) in [6.07, 6.45) is 0.947. The number of aliphatic hydroxyl groups excluding tert-OH is 1. The van der Waals surface area contributed by atoms with E-state index in [0.29, 0.717) is 17.9 Å². The number of nitrogens with zero attached hydrogens (tertiary/aromatic N) is 1. The molecule has 66 valence electrons. The number of aliphatic hydroxyl groups is 1. The molecular formula is C8H17NOS. The summed E-state index contributed by atoms with van der Waals surface area (Å²) < 4.78 is 0. The van der Waals surface area contributed by atoms with Crippen LogP contribution in [0.5, 0.6) is 0 Å². The van der Waals surface area contributed by atoms with Crippen molar-refractivity contribution in [2.75, 3.05) is 19.0 Å². The van der Waals surface area contributed by atoms with Gasteiger partial charge in [-0.05, 0) is 19.9 Å². The first-order valence-electron chi connectivity index (χ1n) is 4.26. The summed E-state index contributed by atoms with van der Waals surface area (Å²) in [7, 11) is 0. The molecule has 0 radical (unpaired) electrons. The summed E-state index contributed by atoms with van der Waals surface area (Å²) in [6, 6.07) is 0.650. The summed E-state index contributed by atoms with van der Waals surface area (Å²) in [6.45, 7) is 5.91. The molecule has 0 aromatic heterocycles. The first-order valence-corrected chi connectivity index (χ1v) is 5.31. The molecule has 3 heteroatoms. The smallest absolute Gasteiger partial charge is 0.0450 e. The summed E-state index contributed by atoms with van der Waals surface area (Å²) in [5.41, 5.74) is 0. The Morgan fingerprint density at radius 3 is 2.82 bits per heavy atom. The van der Waals surface area contributed by atoms with Gasteiger partial charge in [-0.3, -0.25) is 4.90 Å². The van der Waals surface area contributed by atoms with Crippen molar-refractivity contribution in [2.45, 2.75) is 31.6 Å². The molecule has 0 amide bonds. The van der Waals surface area contributed by atoms with E-state index in [-0.39, 0.29) is 0 Å². The average Bonchev–Trinajstić information content (AvgIpc) is 2.34. The van der Waals surface area contributed by atoms with E-state index in [1.165, 1.54) is 0 Å². The molecule has 0 spiro atoms. The van der Waals surface area contributed by atoms with Gasteiger partial charge in [-0.2, -0.15) is 0 Å². The quantitative estimate of drug-likeness (QED) is 0.696. The molecule has 11 heavy (non-hydrogen) atoms. The Morgan fingerprint density at radius 1 is 1.64 bits per heavy atom. The van der Waals surface area contributed by atoms with Gasteiger partial charge in [0.1, 0.15) is 0 Å². The Kier molecular flexibility index (Phi) is 3.69.